The van der Waals surface area contributed by atoms with E-state index in [0.717, 1.165) is 5.01 Å². The SMILES string of the molecule is CNCc1nnc(-c2cccc([N+](=O)[O-])c2OC)s1. The molecule has 0 aliphatic heterocycles. The third-order valence-corrected chi connectivity index (χ3v) is 3.38. The summed E-state index contributed by atoms with van der Waals surface area (Å²) in [4.78, 5) is 10.5. The number of methoxy groups -OCH3 is 1. The van der Waals surface area contributed by atoms with E-state index < -0.39 is 4.92 Å². The second-order valence-corrected chi connectivity index (χ2v) is 4.71. The van der Waals surface area contributed by atoms with Gasteiger partial charge in [0.05, 0.1) is 17.6 Å². The van der Waals surface area contributed by atoms with Gasteiger partial charge in [-0.3, -0.25) is 10.1 Å². The number of benzene rings is 1. The van der Waals surface area contributed by atoms with Crippen molar-refractivity contribution in [2.24, 2.45) is 0 Å². The number of aromatic nitrogens is 2. The lowest BCUT2D eigenvalue weighted by molar-refractivity contribution is -0.385. The molecule has 2 rings (SSSR count). The quantitative estimate of drug-likeness (QED) is 0.664. The molecule has 0 bridgehead atoms. The summed E-state index contributed by atoms with van der Waals surface area (Å²) in [6, 6.07) is 4.74. The normalized spacial score (nSPS) is 10.4. The molecule has 0 saturated carbocycles. The van der Waals surface area contributed by atoms with Crippen LogP contribution in [-0.4, -0.2) is 29.3 Å². The molecule has 0 atom stereocenters. The highest BCUT2D eigenvalue weighted by molar-refractivity contribution is 7.14. The lowest BCUT2D eigenvalue weighted by Gasteiger charge is -2.05. The molecule has 1 heterocycles. The van der Waals surface area contributed by atoms with E-state index in [4.69, 9.17) is 4.74 Å². The van der Waals surface area contributed by atoms with Crippen molar-refractivity contribution < 1.29 is 9.66 Å². The van der Waals surface area contributed by atoms with Gasteiger partial charge in [-0.05, 0) is 13.1 Å². The second kappa shape index (κ2) is 5.72. The van der Waals surface area contributed by atoms with Crippen molar-refractivity contribution in [2.45, 2.75) is 6.54 Å². The summed E-state index contributed by atoms with van der Waals surface area (Å²) in [5.74, 6) is 0.208. The molecule has 19 heavy (non-hydrogen) atoms. The van der Waals surface area contributed by atoms with Crippen molar-refractivity contribution in [1.29, 1.82) is 0 Å². The van der Waals surface area contributed by atoms with Crippen LogP contribution in [0.3, 0.4) is 0 Å². The average molecular weight is 280 g/mol. The molecule has 7 nitrogen and oxygen atoms in total. The zero-order chi connectivity index (χ0) is 13.8. The molecule has 8 heteroatoms. The summed E-state index contributed by atoms with van der Waals surface area (Å²) in [6.07, 6.45) is 0. The fourth-order valence-corrected chi connectivity index (χ4v) is 2.51. The molecule has 1 N–H and O–H groups in total. The first-order valence-corrected chi connectivity index (χ1v) is 6.27. The topological polar surface area (TPSA) is 90.2 Å². The second-order valence-electron chi connectivity index (χ2n) is 3.65. The highest BCUT2D eigenvalue weighted by atomic mass is 32.1. The highest BCUT2D eigenvalue weighted by Gasteiger charge is 2.21. The van der Waals surface area contributed by atoms with Gasteiger partial charge in [-0.2, -0.15) is 0 Å². The van der Waals surface area contributed by atoms with Crippen LogP contribution < -0.4 is 10.1 Å². The van der Waals surface area contributed by atoms with Gasteiger partial charge in [0.25, 0.3) is 0 Å². The maximum atomic E-state index is 11.0. The van der Waals surface area contributed by atoms with Crippen LogP contribution in [0, 0.1) is 10.1 Å². The number of hydrogen-bond donors (Lipinski definition) is 1. The van der Waals surface area contributed by atoms with Crippen molar-refractivity contribution in [1.82, 2.24) is 15.5 Å². The summed E-state index contributed by atoms with van der Waals surface area (Å²) >= 11 is 1.37. The molecule has 0 saturated heterocycles. The van der Waals surface area contributed by atoms with Crippen molar-refractivity contribution in [3.05, 3.63) is 33.3 Å². The molecule has 0 aliphatic rings. The van der Waals surface area contributed by atoms with E-state index in [-0.39, 0.29) is 11.4 Å². The molecule has 0 fully saturated rings. The Bertz CT molecular complexity index is 599. The van der Waals surface area contributed by atoms with Crippen molar-refractivity contribution >= 4 is 17.0 Å². The van der Waals surface area contributed by atoms with Crippen LogP contribution in [-0.2, 0) is 6.54 Å². The number of rotatable bonds is 5. The Hall–Kier alpha value is -2.06. The zero-order valence-corrected chi connectivity index (χ0v) is 11.2. The molecule has 2 aromatic rings. The van der Waals surface area contributed by atoms with Gasteiger partial charge in [-0.1, -0.05) is 17.4 Å². The Morgan fingerprint density at radius 3 is 2.89 bits per heavy atom. The lowest BCUT2D eigenvalue weighted by atomic mass is 10.2. The number of nitrogens with one attached hydrogen (secondary N) is 1. The first kappa shape index (κ1) is 13.4. The maximum Gasteiger partial charge on any atom is 0.311 e. The minimum absolute atomic E-state index is 0.0784. The Kier molecular flexibility index (Phi) is 4.03. The highest BCUT2D eigenvalue weighted by Crippen LogP contribution is 2.38. The summed E-state index contributed by atoms with van der Waals surface area (Å²) < 4.78 is 5.14. The van der Waals surface area contributed by atoms with Crippen LogP contribution in [0.1, 0.15) is 5.01 Å². The molecule has 0 unspecified atom stereocenters. The van der Waals surface area contributed by atoms with E-state index in [1.807, 2.05) is 7.05 Å². The molecule has 0 spiro atoms. The van der Waals surface area contributed by atoms with Gasteiger partial charge in [0.15, 0.2) is 5.01 Å². The van der Waals surface area contributed by atoms with Crippen LogP contribution in [0.5, 0.6) is 5.75 Å². The van der Waals surface area contributed by atoms with Crippen LogP contribution >= 0.6 is 11.3 Å². The average Bonchev–Trinajstić information content (AvgIpc) is 2.86. The Labute approximate surface area is 113 Å². The molecular weight excluding hydrogens is 268 g/mol. The van der Waals surface area contributed by atoms with E-state index in [0.29, 0.717) is 17.1 Å². The summed E-state index contributed by atoms with van der Waals surface area (Å²) in [6.45, 7) is 0.606. The largest absolute Gasteiger partial charge is 0.490 e. The predicted octanol–water partition coefficient (Wildman–Crippen LogP) is 1.84. The third kappa shape index (κ3) is 2.69. The van der Waals surface area contributed by atoms with E-state index in [1.165, 1.54) is 24.5 Å². The molecule has 0 aliphatic carbocycles. The molecular formula is C11H12N4O3S. The lowest BCUT2D eigenvalue weighted by Crippen LogP contribution is -2.04. The number of nitrogens with zero attached hydrogens (tertiary/aromatic N) is 3. The van der Waals surface area contributed by atoms with Gasteiger partial charge in [-0.15, -0.1) is 10.2 Å². The van der Waals surface area contributed by atoms with E-state index in [2.05, 4.69) is 15.5 Å². The molecule has 0 radical (unpaired) electrons. The standard InChI is InChI=1S/C11H12N4O3S/c1-12-6-9-13-14-11(19-9)7-4-3-5-8(15(16)17)10(7)18-2/h3-5,12H,6H2,1-2H3. The van der Waals surface area contributed by atoms with E-state index >= 15 is 0 Å². The van der Waals surface area contributed by atoms with Gasteiger partial charge >= 0.3 is 5.69 Å². The van der Waals surface area contributed by atoms with E-state index in [1.54, 1.807) is 12.1 Å². The minimum Gasteiger partial charge on any atom is -0.490 e. The molecule has 1 aromatic carbocycles. The predicted molar refractivity (Wildman–Crippen MR) is 71.3 cm³/mol. The fourth-order valence-electron chi connectivity index (χ4n) is 1.64. The van der Waals surface area contributed by atoms with Gasteiger partial charge in [-0.25, -0.2) is 0 Å². The van der Waals surface area contributed by atoms with Gasteiger partial charge in [0.1, 0.15) is 5.01 Å². The number of nitro groups is 1. The van der Waals surface area contributed by atoms with Crippen molar-refractivity contribution in [3.63, 3.8) is 0 Å². The van der Waals surface area contributed by atoms with Crippen LogP contribution in [0.25, 0.3) is 10.6 Å². The van der Waals surface area contributed by atoms with Gasteiger partial charge in [0, 0.05) is 12.6 Å². The number of para-hydroxylation sites is 1. The third-order valence-electron chi connectivity index (χ3n) is 2.42. The molecule has 1 aromatic heterocycles. The minimum atomic E-state index is -0.474. The van der Waals surface area contributed by atoms with Crippen LogP contribution in [0.4, 0.5) is 5.69 Å². The summed E-state index contributed by atoms with van der Waals surface area (Å²) in [7, 11) is 3.22. The van der Waals surface area contributed by atoms with E-state index in [9.17, 15) is 10.1 Å². The first-order valence-electron chi connectivity index (χ1n) is 5.46. The molecule has 0 amide bonds. The van der Waals surface area contributed by atoms with Crippen LogP contribution in [0.15, 0.2) is 18.2 Å². The van der Waals surface area contributed by atoms with Crippen molar-refractivity contribution in [3.8, 4) is 16.3 Å². The van der Waals surface area contributed by atoms with Gasteiger partial charge in [0.2, 0.25) is 5.75 Å². The Balaban J connectivity index is 2.48. The first-order chi connectivity index (χ1) is 9.17. The summed E-state index contributed by atoms with van der Waals surface area (Å²) in [5.41, 5.74) is 0.502. The molecule has 100 valence electrons. The Morgan fingerprint density at radius 1 is 1.47 bits per heavy atom. The van der Waals surface area contributed by atoms with Gasteiger partial charge < -0.3 is 10.1 Å². The van der Waals surface area contributed by atoms with Crippen LogP contribution in [0.2, 0.25) is 0 Å². The fraction of sp³-hybridized carbons (Fsp3) is 0.273. The summed E-state index contributed by atoms with van der Waals surface area (Å²) in [5, 5.41) is 23.4. The zero-order valence-electron chi connectivity index (χ0n) is 10.4. The van der Waals surface area contributed by atoms with Crippen molar-refractivity contribution in [2.75, 3.05) is 14.2 Å². The Morgan fingerprint density at radius 2 is 2.26 bits per heavy atom. The monoisotopic (exact) mass is 280 g/mol. The maximum absolute atomic E-state index is 11.0. The number of hydrogen-bond acceptors (Lipinski definition) is 7. The number of ether oxygens (including phenoxy) is 1. The smallest absolute Gasteiger partial charge is 0.311 e. The number of nitro benzene ring substituents is 1.